The number of methoxy groups -OCH3 is 2. The largest absolute Gasteiger partial charge is 0.465 e. The summed E-state index contributed by atoms with van der Waals surface area (Å²) < 4.78 is 15.5. The average Bonchev–Trinajstić information content (AvgIpc) is 3.14. The summed E-state index contributed by atoms with van der Waals surface area (Å²) in [5.74, 6) is -1.39. The van der Waals surface area contributed by atoms with Gasteiger partial charge in [-0.05, 0) is 72.7 Å². The molecule has 0 atom stereocenters. The molecule has 0 saturated carbocycles. The molecule has 3 aromatic rings. The maximum Gasteiger partial charge on any atom is 0.355 e. The van der Waals surface area contributed by atoms with E-state index in [1.54, 1.807) is 30.5 Å². The van der Waals surface area contributed by atoms with Crippen molar-refractivity contribution < 1.29 is 23.5 Å². The summed E-state index contributed by atoms with van der Waals surface area (Å²) in [5.41, 5.74) is 4.44. The van der Waals surface area contributed by atoms with Crippen LogP contribution in [0.5, 0.6) is 0 Å². The molecule has 0 radical (unpaired) electrons. The van der Waals surface area contributed by atoms with Gasteiger partial charge in [0.2, 0.25) is 0 Å². The number of hydrogen-bond donors (Lipinski definition) is 0. The summed E-state index contributed by atoms with van der Waals surface area (Å²) in [4.78, 5) is 39.6. The summed E-state index contributed by atoms with van der Waals surface area (Å²) in [5, 5.41) is 0.736. The Morgan fingerprint density at radius 1 is 0.889 bits per heavy atom. The van der Waals surface area contributed by atoms with Crippen molar-refractivity contribution in [2.24, 2.45) is 0 Å². The van der Waals surface area contributed by atoms with Gasteiger partial charge in [0.1, 0.15) is 11.3 Å². The van der Waals surface area contributed by atoms with E-state index in [2.05, 4.69) is 12.1 Å². The Labute approximate surface area is 207 Å². The van der Waals surface area contributed by atoms with Crippen LogP contribution in [0.2, 0.25) is 0 Å². The minimum atomic E-state index is -0.712. The number of esters is 2. The molecule has 0 unspecified atom stereocenters. The number of carbonyl (C=O) groups is 2. The number of benzene rings is 2. The Morgan fingerprint density at radius 3 is 2.44 bits per heavy atom. The number of carbonyl (C=O) groups excluding carboxylic acids is 2. The van der Waals surface area contributed by atoms with E-state index in [0.717, 1.165) is 30.2 Å². The maximum absolute atomic E-state index is 13.0. The topological polar surface area (TPSA) is 86.1 Å². The number of anilines is 1. The third-order valence-electron chi connectivity index (χ3n) is 6.55. The molecule has 2 aromatic carbocycles. The van der Waals surface area contributed by atoms with E-state index in [1.165, 1.54) is 42.7 Å². The zero-order valence-electron chi connectivity index (χ0n) is 20.1. The third-order valence-corrected chi connectivity index (χ3v) is 6.55. The predicted octanol–water partition coefficient (Wildman–Crippen LogP) is 4.83. The first kappa shape index (κ1) is 23.4. The molecule has 1 aromatic heterocycles. The van der Waals surface area contributed by atoms with Crippen molar-refractivity contribution in [3.05, 3.63) is 99.7 Å². The number of hydrogen-bond acceptors (Lipinski definition) is 7. The van der Waals surface area contributed by atoms with Gasteiger partial charge in [-0.2, -0.15) is 0 Å². The zero-order chi connectivity index (χ0) is 25.2. The molecule has 2 aliphatic rings. The van der Waals surface area contributed by atoms with E-state index < -0.39 is 17.6 Å². The highest BCUT2D eigenvalue weighted by Crippen LogP contribution is 2.31. The molecule has 0 fully saturated rings. The van der Waals surface area contributed by atoms with E-state index in [0.29, 0.717) is 16.8 Å². The van der Waals surface area contributed by atoms with Crippen LogP contribution in [0.15, 0.2) is 87.4 Å². The lowest BCUT2D eigenvalue weighted by atomic mass is 9.89. The number of fused-ring (bicyclic) bond motifs is 2. The van der Waals surface area contributed by atoms with Crippen LogP contribution >= 0.6 is 0 Å². The Bertz CT molecular complexity index is 1520. The fourth-order valence-corrected chi connectivity index (χ4v) is 4.72. The van der Waals surface area contributed by atoms with Crippen molar-refractivity contribution in [3.8, 4) is 11.1 Å². The van der Waals surface area contributed by atoms with Crippen LogP contribution in [0.4, 0.5) is 5.69 Å². The standard InChI is InChI=1S/C29H25NO6/c1-34-27(31)23-9-5-6-14-30(26(23)29(33)35-2)22-13-12-21-16-24(28(32)36-25(21)17-22)20-11-10-18-7-3-4-8-19(18)15-20/h5-6,9-17H,3-4,7-8H2,1-2H3. The molecule has 182 valence electrons. The predicted molar refractivity (Wildman–Crippen MR) is 136 cm³/mol. The smallest absolute Gasteiger partial charge is 0.355 e. The van der Waals surface area contributed by atoms with Crippen LogP contribution < -0.4 is 10.5 Å². The highest BCUT2D eigenvalue weighted by molar-refractivity contribution is 6.05. The van der Waals surface area contributed by atoms with E-state index in [-0.39, 0.29) is 11.3 Å². The molecule has 2 heterocycles. The fourth-order valence-electron chi connectivity index (χ4n) is 4.72. The molecule has 7 heteroatoms. The fraction of sp³-hybridized carbons (Fsp3) is 0.207. The van der Waals surface area contributed by atoms with Crippen LogP contribution in [0, 0.1) is 0 Å². The monoisotopic (exact) mass is 483 g/mol. The Morgan fingerprint density at radius 2 is 1.67 bits per heavy atom. The third kappa shape index (κ3) is 4.24. The Kier molecular flexibility index (Phi) is 6.29. The lowest BCUT2D eigenvalue weighted by molar-refractivity contribution is -0.139. The molecule has 36 heavy (non-hydrogen) atoms. The van der Waals surface area contributed by atoms with Gasteiger partial charge in [-0.15, -0.1) is 0 Å². The highest BCUT2D eigenvalue weighted by atomic mass is 16.5. The number of nitrogens with zero attached hydrogens (tertiary/aromatic N) is 1. The van der Waals surface area contributed by atoms with Crippen LogP contribution in [0.25, 0.3) is 22.1 Å². The second-order valence-electron chi connectivity index (χ2n) is 8.68. The van der Waals surface area contributed by atoms with Crippen LogP contribution in [0.3, 0.4) is 0 Å². The van der Waals surface area contributed by atoms with Crippen molar-refractivity contribution in [1.82, 2.24) is 0 Å². The first-order valence-corrected chi connectivity index (χ1v) is 11.7. The van der Waals surface area contributed by atoms with Gasteiger partial charge in [-0.3, -0.25) is 0 Å². The molecule has 0 spiro atoms. The minimum Gasteiger partial charge on any atom is -0.465 e. The number of rotatable bonds is 4. The summed E-state index contributed by atoms with van der Waals surface area (Å²) in [6, 6.07) is 13.3. The number of allylic oxidation sites excluding steroid dienone is 2. The van der Waals surface area contributed by atoms with Crippen molar-refractivity contribution in [2.75, 3.05) is 19.1 Å². The SMILES string of the molecule is COC(=O)C1=C(C(=O)OC)N(c2ccc3cc(-c4ccc5c(c4)CCCC5)c(=O)oc3c2)C=CC=C1. The molecule has 5 rings (SSSR count). The second-order valence-corrected chi connectivity index (χ2v) is 8.68. The van der Waals surface area contributed by atoms with Crippen molar-refractivity contribution in [1.29, 1.82) is 0 Å². The lowest BCUT2D eigenvalue weighted by Crippen LogP contribution is -2.26. The van der Waals surface area contributed by atoms with Gasteiger partial charge in [-0.25, -0.2) is 14.4 Å². The Hall–Kier alpha value is -4.39. The molecule has 0 bridgehead atoms. The highest BCUT2D eigenvalue weighted by Gasteiger charge is 2.27. The molecule has 0 N–H and O–H groups in total. The van der Waals surface area contributed by atoms with Gasteiger partial charge in [0.05, 0.1) is 25.4 Å². The Balaban J connectivity index is 1.59. The number of aryl methyl sites for hydroxylation is 2. The normalized spacial score (nSPS) is 15.0. The van der Waals surface area contributed by atoms with Crippen LogP contribution in [-0.2, 0) is 31.9 Å². The summed E-state index contributed by atoms with van der Waals surface area (Å²) in [6.45, 7) is 0. The summed E-state index contributed by atoms with van der Waals surface area (Å²) in [7, 11) is 2.48. The molecular weight excluding hydrogens is 458 g/mol. The quantitative estimate of drug-likeness (QED) is 0.388. The molecule has 1 aliphatic heterocycles. The second kappa shape index (κ2) is 9.70. The van der Waals surface area contributed by atoms with Crippen molar-refractivity contribution in [2.45, 2.75) is 25.7 Å². The lowest BCUT2D eigenvalue weighted by Gasteiger charge is -2.23. The molecular formula is C29H25NO6. The van der Waals surface area contributed by atoms with Gasteiger partial charge in [0.25, 0.3) is 0 Å². The average molecular weight is 484 g/mol. The first-order chi connectivity index (χ1) is 17.5. The van der Waals surface area contributed by atoms with Crippen molar-refractivity contribution in [3.63, 3.8) is 0 Å². The van der Waals surface area contributed by atoms with Gasteiger partial charge in [0, 0.05) is 23.3 Å². The summed E-state index contributed by atoms with van der Waals surface area (Å²) in [6.07, 6.45) is 10.9. The van der Waals surface area contributed by atoms with Crippen LogP contribution in [0.1, 0.15) is 24.0 Å². The van der Waals surface area contributed by atoms with Gasteiger partial charge in [0.15, 0.2) is 0 Å². The van der Waals surface area contributed by atoms with E-state index in [1.807, 2.05) is 18.2 Å². The molecule has 0 amide bonds. The summed E-state index contributed by atoms with van der Waals surface area (Å²) >= 11 is 0. The zero-order valence-corrected chi connectivity index (χ0v) is 20.1. The van der Waals surface area contributed by atoms with E-state index in [4.69, 9.17) is 13.9 Å². The van der Waals surface area contributed by atoms with Gasteiger partial charge >= 0.3 is 17.6 Å². The van der Waals surface area contributed by atoms with Gasteiger partial charge < -0.3 is 18.8 Å². The molecule has 1 aliphatic carbocycles. The number of ether oxygens (including phenoxy) is 2. The molecule has 7 nitrogen and oxygen atoms in total. The van der Waals surface area contributed by atoms with E-state index in [9.17, 15) is 14.4 Å². The molecule has 0 saturated heterocycles. The maximum atomic E-state index is 13.0. The van der Waals surface area contributed by atoms with E-state index >= 15 is 0 Å². The van der Waals surface area contributed by atoms with Gasteiger partial charge in [-0.1, -0.05) is 24.3 Å². The first-order valence-electron chi connectivity index (χ1n) is 11.7. The van der Waals surface area contributed by atoms with Crippen LogP contribution in [-0.4, -0.2) is 26.2 Å². The van der Waals surface area contributed by atoms with Crippen molar-refractivity contribution >= 4 is 28.6 Å². The minimum absolute atomic E-state index is 0.0123.